The Morgan fingerprint density at radius 3 is 2.96 bits per heavy atom. The van der Waals surface area contributed by atoms with Gasteiger partial charge in [0.25, 0.3) is 0 Å². The first-order valence-electron chi connectivity index (χ1n) is 9.33. The molecule has 0 aromatic carbocycles. The van der Waals surface area contributed by atoms with Crippen LogP contribution in [-0.2, 0) is 4.79 Å². The van der Waals surface area contributed by atoms with Gasteiger partial charge >= 0.3 is 0 Å². The Bertz CT molecular complexity index is 927. The number of nitrogens with one attached hydrogen (secondary N) is 3. The van der Waals surface area contributed by atoms with E-state index in [9.17, 15) is 4.79 Å². The number of fused-ring (bicyclic) bond motifs is 1. The predicted molar refractivity (Wildman–Crippen MR) is 107 cm³/mol. The Kier molecular flexibility index (Phi) is 4.86. The molecule has 0 spiro atoms. The predicted octanol–water partition coefficient (Wildman–Crippen LogP) is 2.66. The van der Waals surface area contributed by atoms with Gasteiger partial charge in [0.2, 0.25) is 5.91 Å². The highest BCUT2D eigenvalue weighted by Crippen LogP contribution is 2.22. The van der Waals surface area contributed by atoms with Gasteiger partial charge in [-0.2, -0.15) is 0 Å². The topological polar surface area (TPSA) is 94.5 Å². The SMILES string of the molecule is CC(C)[C@@H](N=C1CCN=C(c2c[nH]c3ncc(Cl)cc23)N1)C(=O)NC1CC1. The number of hydrogen-bond acceptors (Lipinski definition) is 4. The second kappa shape index (κ2) is 7.31. The van der Waals surface area contributed by atoms with E-state index in [0.717, 1.165) is 41.1 Å². The van der Waals surface area contributed by atoms with Gasteiger partial charge in [0.15, 0.2) is 0 Å². The van der Waals surface area contributed by atoms with Gasteiger partial charge in [-0.3, -0.25) is 14.8 Å². The molecule has 27 heavy (non-hydrogen) atoms. The maximum Gasteiger partial charge on any atom is 0.245 e. The van der Waals surface area contributed by atoms with E-state index in [1.54, 1.807) is 6.20 Å². The van der Waals surface area contributed by atoms with E-state index < -0.39 is 6.04 Å². The van der Waals surface area contributed by atoms with Gasteiger partial charge in [0, 0.05) is 42.4 Å². The number of aliphatic imine (C=N–C) groups is 2. The first-order chi connectivity index (χ1) is 13.0. The first kappa shape index (κ1) is 18.0. The van der Waals surface area contributed by atoms with Crippen molar-refractivity contribution in [3.05, 3.63) is 29.0 Å². The molecule has 0 unspecified atom stereocenters. The summed E-state index contributed by atoms with van der Waals surface area (Å²) in [7, 11) is 0. The molecule has 2 aromatic heterocycles. The van der Waals surface area contributed by atoms with Crippen molar-refractivity contribution in [2.45, 2.75) is 45.2 Å². The minimum absolute atomic E-state index is 0.00828. The molecule has 142 valence electrons. The number of carbonyl (C=O) groups is 1. The summed E-state index contributed by atoms with van der Waals surface area (Å²) in [6.45, 7) is 4.66. The third kappa shape index (κ3) is 3.98. The van der Waals surface area contributed by atoms with Crippen LogP contribution in [0.15, 0.2) is 28.4 Å². The number of nitrogens with zero attached hydrogens (tertiary/aromatic N) is 3. The molecular formula is C19H23ClN6O. The Labute approximate surface area is 162 Å². The van der Waals surface area contributed by atoms with E-state index in [4.69, 9.17) is 16.6 Å². The lowest BCUT2D eigenvalue weighted by Crippen LogP contribution is -2.42. The number of aromatic amines is 1. The van der Waals surface area contributed by atoms with Crippen LogP contribution in [0.2, 0.25) is 5.02 Å². The molecule has 1 aliphatic heterocycles. The molecule has 1 fully saturated rings. The molecule has 1 atom stereocenters. The normalized spacial score (nSPS) is 19.9. The zero-order valence-corrected chi connectivity index (χ0v) is 16.2. The fourth-order valence-electron chi connectivity index (χ4n) is 3.13. The van der Waals surface area contributed by atoms with Crippen LogP contribution >= 0.6 is 11.6 Å². The molecule has 7 nitrogen and oxygen atoms in total. The van der Waals surface area contributed by atoms with Crippen LogP contribution in [-0.4, -0.2) is 46.2 Å². The number of carbonyl (C=O) groups excluding carboxylic acids is 1. The molecule has 3 N–H and O–H groups in total. The zero-order chi connectivity index (χ0) is 19.0. The van der Waals surface area contributed by atoms with Crippen molar-refractivity contribution in [2.75, 3.05) is 6.54 Å². The number of halogens is 1. The molecule has 2 aromatic rings. The largest absolute Gasteiger partial charge is 0.352 e. The van der Waals surface area contributed by atoms with E-state index in [2.05, 4.69) is 25.6 Å². The van der Waals surface area contributed by atoms with Gasteiger partial charge in [-0.25, -0.2) is 4.98 Å². The van der Waals surface area contributed by atoms with Gasteiger partial charge in [-0.05, 0) is 24.8 Å². The minimum atomic E-state index is -0.397. The van der Waals surface area contributed by atoms with Crippen molar-refractivity contribution in [3.63, 3.8) is 0 Å². The van der Waals surface area contributed by atoms with Gasteiger partial charge in [0.05, 0.1) is 5.02 Å². The summed E-state index contributed by atoms with van der Waals surface area (Å²) in [5.74, 6) is 1.64. The second-order valence-electron chi connectivity index (χ2n) is 7.40. The van der Waals surface area contributed by atoms with Crippen molar-refractivity contribution in [3.8, 4) is 0 Å². The van der Waals surface area contributed by atoms with Crippen molar-refractivity contribution in [2.24, 2.45) is 15.9 Å². The Hall–Kier alpha value is -2.41. The Morgan fingerprint density at radius 1 is 1.41 bits per heavy atom. The highest BCUT2D eigenvalue weighted by molar-refractivity contribution is 6.31. The minimum Gasteiger partial charge on any atom is -0.352 e. The van der Waals surface area contributed by atoms with Crippen molar-refractivity contribution < 1.29 is 4.79 Å². The maximum absolute atomic E-state index is 12.5. The van der Waals surface area contributed by atoms with Crippen LogP contribution in [0.1, 0.15) is 38.7 Å². The lowest BCUT2D eigenvalue weighted by Gasteiger charge is -2.21. The molecule has 3 heterocycles. The first-order valence-corrected chi connectivity index (χ1v) is 9.70. The molecule has 8 heteroatoms. The summed E-state index contributed by atoms with van der Waals surface area (Å²) in [5.41, 5.74) is 1.66. The van der Waals surface area contributed by atoms with E-state index in [1.807, 2.05) is 26.1 Å². The molecule has 0 bridgehead atoms. The van der Waals surface area contributed by atoms with E-state index >= 15 is 0 Å². The van der Waals surface area contributed by atoms with Crippen LogP contribution in [0.25, 0.3) is 11.0 Å². The molecular weight excluding hydrogens is 364 g/mol. The van der Waals surface area contributed by atoms with E-state index in [1.165, 1.54) is 0 Å². The van der Waals surface area contributed by atoms with E-state index in [-0.39, 0.29) is 11.8 Å². The van der Waals surface area contributed by atoms with Crippen molar-refractivity contribution in [1.82, 2.24) is 20.6 Å². The highest BCUT2D eigenvalue weighted by atomic mass is 35.5. The number of aromatic nitrogens is 2. The van der Waals surface area contributed by atoms with Gasteiger partial charge < -0.3 is 15.6 Å². The molecule has 1 aliphatic carbocycles. The average Bonchev–Trinajstić information content (AvgIpc) is 3.36. The number of H-pyrrole nitrogens is 1. The summed E-state index contributed by atoms with van der Waals surface area (Å²) in [4.78, 5) is 29.3. The fourth-order valence-corrected chi connectivity index (χ4v) is 3.29. The molecule has 0 radical (unpaired) electrons. The standard InChI is InChI=1S/C19H23ClN6O/c1-10(2)16(19(27)24-12-3-4-12)25-15-5-6-21-18(26-15)14-9-23-17-13(14)7-11(20)8-22-17/h7-10,12,16H,3-6H2,1-2H3,(H,22,23)(H,24,27)(H,21,25,26)/t16-/m1/s1. The number of amidine groups is 2. The lowest BCUT2D eigenvalue weighted by atomic mass is 10.0. The number of hydrogen-bond donors (Lipinski definition) is 3. The zero-order valence-electron chi connectivity index (χ0n) is 15.4. The van der Waals surface area contributed by atoms with Crippen LogP contribution < -0.4 is 10.6 Å². The summed E-state index contributed by atoms with van der Waals surface area (Å²) in [6, 6.07) is 1.80. The number of pyridine rings is 1. The molecule has 1 amide bonds. The number of rotatable bonds is 5. The summed E-state index contributed by atoms with van der Waals surface area (Å²) in [5, 5.41) is 7.85. The monoisotopic (exact) mass is 386 g/mol. The quantitative estimate of drug-likeness (QED) is 0.737. The molecule has 1 saturated carbocycles. The van der Waals surface area contributed by atoms with Crippen molar-refractivity contribution >= 4 is 40.2 Å². The van der Waals surface area contributed by atoms with Crippen LogP contribution in [0.5, 0.6) is 0 Å². The maximum atomic E-state index is 12.5. The van der Waals surface area contributed by atoms with Gasteiger partial charge in [-0.15, -0.1) is 0 Å². The van der Waals surface area contributed by atoms with Gasteiger partial charge in [-0.1, -0.05) is 25.4 Å². The third-order valence-corrected chi connectivity index (χ3v) is 4.96. The fraction of sp³-hybridized carbons (Fsp3) is 0.474. The lowest BCUT2D eigenvalue weighted by molar-refractivity contribution is -0.123. The summed E-state index contributed by atoms with van der Waals surface area (Å²) < 4.78 is 0. The van der Waals surface area contributed by atoms with E-state index in [0.29, 0.717) is 24.0 Å². The smallest absolute Gasteiger partial charge is 0.245 e. The average molecular weight is 387 g/mol. The third-order valence-electron chi connectivity index (χ3n) is 4.75. The van der Waals surface area contributed by atoms with Crippen LogP contribution in [0.4, 0.5) is 0 Å². The Morgan fingerprint density at radius 2 is 2.22 bits per heavy atom. The van der Waals surface area contributed by atoms with Gasteiger partial charge in [0.1, 0.15) is 23.4 Å². The molecule has 2 aliphatic rings. The summed E-state index contributed by atoms with van der Waals surface area (Å²) >= 11 is 6.10. The van der Waals surface area contributed by atoms with Crippen molar-refractivity contribution in [1.29, 1.82) is 0 Å². The van der Waals surface area contributed by atoms with Crippen LogP contribution in [0.3, 0.4) is 0 Å². The molecule has 0 saturated heterocycles. The second-order valence-corrected chi connectivity index (χ2v) is 7.84. The summed E-state index contributed by atoms with van der Waals surface area (Å²) in [6.07, 6.45) is 6.30. The molecule has 4 rings (SSSR count). The van der Waals surface area contributed by atoms with Crippen LogP contribution in [0, 0.1) is 5.92 Å². The highest BCUT2D eigenvalue weighted by Gasteiger charge is 2.29. The Balaban J connectivity index is 1.57. The number of amides is 1.